The first-order chi connectivity index (χ1) is 13.4. The lowest BCUT2D eigenvalue weighted by Gasteiger charge is -2.25. The third-order valence-electron chi connectivity index (χ3n) is 4.38. The number of nitrogens with zero attached hydrogens (tertiary/aromatic N) is 2. The van der Waals surface area contributed by atoms with Gasteiger partial charge in [-0.25, -0.2) is 8.42 Å². The van der Waals surface area contributed by atoms with Gasteiger partial charge in [-0.05, 0) is 77.3 Å². The summed E-state index contributed by atoms with van der Waals surface area (Å²) in [5.74, 6) is -0.358. The first kappa shape index (κ1) is 21.0. The first-order valence-electron chi connectivity index (χ1n) is 8.77. The number of carbonyl (C=O) groups is 1. The van der Waals surface area contributed by atoms with Crippen LogP contribution in [-0.4, -0.2) is 36.2 Å². The number of benzene rings is 2. The Bertz CT molecular complexity index is 970. The normalized spacial score (nSPS) is 16.0. The molecule has 0 aromatic heterocycles. The van der Waals surface area contributed by atoms with Crippen molar-refractivity contribution in [3.8, 4) is 0 Å². The number of ketones is 1. The topological polar surface area (TPSA) is 78.8 Å². The molecule has 1 aliphatic rings. The average molecular weight is 485 g/mol. The van der Waals surface area contributed by atoms with Crippen LogP contribution in [-0.2, 0) is 10.0 Å². The van der Waals surface area contributed by atoms with Gasteiger partial charge in [-0.3, -0.25) is 10.2 Å². The number of Topliss-reactive ketones (excluding diaryl/α,β-unsaturated/α-hetero) is 1. The molecule has 0 bridgehead atoms. The molecule has 0 aliphatic carbocycles. The van der Waals surface area contributed by atoms with Crippen LogP contribution in [0.25, 0.3) is 0 Å². The van der Waals surface area contributed by atoms with Crippen LogP contribution >= 0.6 is 27.5 Å². The summed E-state index contributed by atoms with van der Waals surface area (Å²) < 4.78 is 26.9. The van der Waals surface area contributed by atoms with E-state index in [0.717, 1.165) is 19.3 Å². The van der Waals surface area contributed by atoms with Crippen molar-refractivity contribution in [1.29, 1.82) is 0 Å². The van der Waals surface area contributed by atoms with Gasteiger partial charge in [0, 0.05) is 23.7 Å². The third-order valence-corrected chi connectivity index (χ3v) is 7.09. The first-order valence-corrected chi connectivity index (χ1v) is 11.4. The standard InChI is InChI=1S/C19H19BrClN3O3S/c20-19(23-22-16-8-6-15(21)7-9-16)18(25)14-4-10-17(11-5-14)28(26,27)24-12-2-1-3-13-24/h4-11,22H,1-3,12-13H2/b23-19-. The van der Waals surface area contributed by atoms with E-state index >= 15 is 0 Å². The van der Waals surface area contributed by atoms with Crippen LogP contribution in [0.2, 0.25) is 5.02 Å². The number of carbonyl (C=O) groups excluding carboxylic acids is 1. The monoisotopic (exact) mass is 483 g/mol. The molecule has 0 spiro atoms. The van der Waals surface area contributed by atoms with Crippen LogP contribution in [0.4, 0.5) is 5.69 Å². The van der Waals surface area contributed by atoms with Gasteiger partial charge in [0.05, 0.1) is 10.6 Å². The summed E-state index contributed by atoms with van der Waals surface area (Å²) in [4.78, 5) is 12.7. The Balaban J connectivity index is 1.70. The minimum absolute atomic E-state index is 0.0779. The van der Waals surface area contributed by atoms with Gasteiger partial charge in [0.2, 0.25) is 15.8 Å². The van der Waals surface area contributed by atoms with E-state index in [9.17, 15) is 13.2 Å². The number of sulfonamides is 1. The summed E-state index contributed by atoms with van der Waals surface area (Å²) in [6.07, 6.45) is 2.80. The summed E-state index contributed by atoms with van der Waals surface area (Å²) in [5, 5.41) is 4.61. The van der Waals surface area contributed by atoms with E-state index in [2.05, 4.69) is 26.5 Å². The number of rotatable bonds is 6. The highest BCUT2D eigenvalue weighted by molar-refractivity contribution is 9.19. The van der Waals surface area contributed by atoms with Crippen molar-refractivity contribution in [2.45, 2.75) is 24.2 Å². The molecule has 1 saturated heterocycles. The Kier molecular flexibility index (Phi) is 6.87. The maximum absolute atomic E-state index is 12.7. The quantitative estimate of drug-likeness (QED) is 0.371. The predicted octanol–water partition coefficient (Wildman–Crippen LogP) is 4.52. The second kappa shape index (κ2) is 9.17. The van der Waals surface area contributed by atoms with Crippen LogP contribution in [0.3, 0.4) is 0 Å². The van der Waals surface area contributed by atoms with E-state index in [1.165, 1.54) is 28.6 Å². The van der Waals surface area contributed by atoms with Gasteiger partial charge < -0.3 is 0 Å². The summed E-state index contributed by atoms with van der Waals surface area (Å²) in [6, 6.07) is 12.8. The Labute approximate surface area is 177 Å². The van der Waals surface area contributed by atoms with Gasteiger partial charge >= 0.3 is 0 Å². The molecule has 2 aromatic carbocycles. The largest absolute Gasteiger partial charge is 0.286 e. The fourth-order valence-electron chi connectivity index (χ4n) is 2.84. The van der Waals surface area contributed by atoms with Gasteiger partial charge in [0.1, 0.15) is 0 Å². The molecular formula is C19H19BrClN3O3S. The van der Waals surface area contributed by atoms with Crippen LogP contribution in [0.1, 0.15) is 29.6 Å². The molecule has 1 aliphatic heterocycles. The van der Waals surface area contributed by atoms with Crippen LogP contribution in [0, 0.1) is 0 Å². The molecule has 3 rings (SSSR count). The highest BCUT2D eigenvalue weighted by Gasteiger charge is 2.26. The second-order valence-electron chi connectivity index (χ2n) is 6.34. The molecule has 0 amide bonds. The molecule has 1 heterocycles. The van der Waals surface area contributed by atoms with Crippen LogP contribution < -0.4 is 5.43 Å². The van der Waals surface area contributed by atoms with Gasteiger partial charge in [-0.1, -0.05) is 18.0 Å². The highest BCUT2D eigenvalue weighted by Crippen LogP contribution is 2.21. The number of anilines is 1. The molecule has 0 radical (unpaired) electrons. The number of piperidine rings is 1. The lowest BCUT2D eigenvalue weighted by Crippen LogP contribution is -2.35. The van der Waals surface area contributed by atoms with Crippen LogP contribution in [0.15, 0.2) is 58.5 Å². The molecule has 1 N–H and O–H groups in total. The van der Waals surface area contributed by atoms with E-state index in [1.54, 1.807) is 24.3 Å². The third kappa shape index (κ3) is 5.00. The molecule has 0 atom stereocenters. The fraction of sp³-hybridized carbons (Fsp3) is 0.263. The number of hydrogen-bond donors (Lipinski definition) is 1. The molecule has 0 saturated carbocycles. The number of hydrazone groups is 1. The maximum atomic E-state index is 12.7. The summed E-state index contributed by atoms with van der Waals surface area (Å²) >= 11 is 8.98. The van der Waals surface area contributed by atoms with E-state index in [1.807, 2.05) is 0 Å². The van der Waals surface area contributed by atoms with Crippen molar-refractivity contribution in [2.75, 3.05) is 18.5 Å². The summed E-state index contributed by atoms with van der Waals surface area (Å²) in [6.45, 7) is 1.08. The van der Waals surface area contributed by atoms with Crippen molar-refractivity contribution in [1.82, 2.24) is 4.31 Å². The van der Waals surface area contributed by atoms with E-state index in [0.29, 0.717) is 29.4 Å². The summed E-state index contributed by atoms with van der Waals surface area (Å²) in [5.41, 5.74) is 3.78. The van der Waals surface area contributed by atoms with Gasteiger partial charge in [-0.15, -0.1) is 0 Å². The summed E-state index contributed by atoms with van der Waals surface area (Å²) in [7, 11) is -3.52. The zero-order chi connectivity index (χ0) is 20.1. The molecule has 28 heavy (non-hydrogen) atoms. The Morgan fingerprint density at radius 3 is 2.21 bits per heavy atom. The van der Waals surface area contributed by atoms with Gasteiger partial charge in [0.15, 0.2) is 4.62 Å². The highest BCUT2D eigenvalue weighted by atomic mass is 79.9. The molecule has 0 unspecified atom stereocenters. The van der Waals surface area contributed by atoms with Crippen molar-refractivity contribution >= 4 is 53.6 Å². The Morgan fingerprint density at radius 2 is 1.61 bits per heavy atom. The van der Waals surface area contributed by atoms with E-state index in [4.69, 9.17) is 11.6 Å². The van der Waals surface area contributed by atoms with Gasteiger partial charge in [-0.2, -0.15) is 9.41 Å². The molecule has 148 valence electrons. The SMILES string of the molecule is O=C(/C(Br)=N/Nc1ccc(Cl)cc1)c1ccc(S(=O)(=O)N2CCCCC2)cc1. The minimum Gasteiger partial charge on any atom is -0.286 e. The van der Waals surface area contributed by atoms with Crippen molar-refractivity contribution in [3.05, 3.63) is 59.1 Å². The van der Waals surface area contributed by atoms with E-state index < -0.39 is 10.0 Å². The Hall–Kier alpha value is -1.74. The maximum Gasteiger partial charge on any atom is 0.243 e. The van der Waals surface area contributed by atoms with Gasteiger partial charge in [0.25, 0.3) is 0 Å². The van der Waals surface area contributed by atoms with Crippen molar-refractivity contribution < 1.29 is 13.2 Å². The smallest absolute Gasteiger partial charge is 0.243 e. The number of nitrogens with one attached hydrogen (secondary N) is 1. The fourth-order valence-corrected chi connectivity index (χ4v) is 4.80. The molecule has 2 aromatic rings. The Morgan fingerprint density at radius 1 is 1.00 bits per heavy atom. The lowest BCUT2D eigenvalue weighted by atomic mass is 10.1. The number of hydrogen-bond acceptors (Lipinski definition) is 5. The zero-order valence-electron chi connectivity index (χ0n) is 14.9. The molecule has 1 fully saturated rings. The zero-order valence-corrected chi connectivity index (χ0v) is 18.1. The van der Waals surface area contributed by atoms with Crippen LogP contribution in [0.5, 0.6) is 0 Å². The second-order valence-corrected chi connectivity index (χ2v) is 9.47. The van der Waals surface area contributed by atoms with Crippen molar-refractivity contribution in [2.24, 2.45) is 5.10 Å². The number of halogens is 2. The van der Waals surface area contributed by atoms with Crippen molar-refractivity contribution in [3.63, 3.8) is 0 Å². The molecular weight excluding hydrogens is 466 g/mol. The minimum atomic E-state index is -3.52. The molecule has 6 nitrogen and oxygen atoms in total. The average Bonchev–Trinajstić information content (AvgIpc) is 2.73. The van der Waals surface area contributed by atoms with E-state index in [-0.39, 0.29) is 15.3 Å². The predicted molar refractivity (Wildman–Crippen MR) is 115 cm³/mol. The molecule has 9 heteroatoms. The lowest BCUT2D eigenvalue weighted by molar-refractivity contribution is 0.106.